The molecule has 10 heteroatoms. The third-order valence-corrected chi connectivity index (χ3v) is 4.32. The van der Waals surface area contributed by atoms with Gasteiger partial charge in [-0.2, -0.15) is 0 Å². The van der Waals surface area contributed by atoms with Crippen molar-refractivity contribution in [2.45, 2.75) is 19.5 Å². The van der Waals surface area contributed by atoms with E-state index in [4.69, 9.17) is 10.5 Å². The van der Waals surface area contributed by atoms with Crippen molar-refractivity contribution in [1.82, 2.24) is 25.0 Å². The molecular formula is C18H25N7O3. The van der Waals surface area contributed by atoms with Crippen LogP contribution in [0.2, 0.25) is 0 Å². The van der Waals surface area contributed by atoms with E-state index in [0.717, 1.165) is 38.4 Å². The Morgan fingerprint density at radius 2 is 2.04 bits per heavy atom. The van der Waals surface area contributed by atoms with Gasteiger partial charge in [0.2, 0.25) is 17.8 Å². The molecule has 2 aromatic rings. The molecule has 10 nitrogen and oxygen atoms in total. The van der Waals surface area contributed by atoms with Crippen LogP contribution < -0.4 is 16.4 Å². The number of nitrogens with two attached hydrogens (primary N) is 1. The first-order chi connectivity index (χ1) is 13.6. The Morgan fingerprint density at radius 3 is 2.79 bits per heavy atom. The average Bonchev–Trinajstić information content (AvgIpc) is 3.10. The van der Waals surface area contributed by atoms with Gasteiger partial charge in [0.15, 0.2) is 0 Å². The fourth-order valence-corrected chi connectivity index (χ4v) is 2.86. The average molecular weight is 387 g/mol. The molecule has 0 bridgehead atoms. The second kappa shape index (κ2) is 9.81. The third-order valence-electron chi connectivity index (χ3n) is 4.32. The van der Waals surface area contributed by atoms with Crippen LogP contribution in [0.25, 0.3) is 0 Å². The molecule has 3 rings (SSSR count). The number of hydrogen-bond donors (Lipinski definition) is 3. The molecule has 1 saturated heterocycles. The molecule has 0 saturated carbocycles. The second-order valence-corrected chi connectivity index (χ2v) is 6.53. The Balaban J connectivity index is 1.42. The van der Waals surface area contributed by atoms with E-state index in [1.807, 2.05) is 24.3 Å². The zero-order valence-electron chi connectivity index (χ0n) is 15.6. The SMILES string of the molecule is Nc1ncn(CC(=O)NCc2cccc(NC(=O)CCN3CCOCC3)c2)n1. The molecule has 1 aliphatic heterocycles. The van der Waals surface area contributed by atoms with Crippen molar-refractivity contribution < 1.29 is 14.3 Å². The van der Waals surface area contributed by atoms with Gasteiger partial charge in [0, 0.05) is 38.3 Å². The number of benzene rings is 1. The number of nitrogens with zero attached hydrogens (tertiary/aromatic N) is 4. The first kappa shape index (κ1) is 19.8. The van der Waals surface area contributed by atoms with E-state index < -0.39 is 0 Å². The maximum Gasteiger partial charge on any atom is 0.242 e. The molecule has 0 aliphatic carbocycles. The lowest BCUT2D eigenvalue weighted by atomic mass is 10.2. The van der Waals surface area contributed by atoms with Crippen LogP contribution in [0.3, 0.4) is 0 Å². The number of carbonyl (C=O) groups excluding carboxylic acids is 2. The van der Waals surface area contributed by atoms with Gasteiger partial charge in [0.25, 0.3) is 0 Å². The number of amides is 2. The molecule has 1 fully saturated rings. The number of carbonyl (C=O) groups is 2. The number of aromatic nitrogens is 3. The third kappa shape index (κ3) is 6.32. The Morgan fingerprint density at radius 1 is 1.21 bits per heavy atom. The molecule has 150 valence electrons. The van der Waals surface area contributed by atoms with E-state index >= 15 is 0 Å². The molecule has 0 unspecified atom stereocenters. The number of morpholine rings is 1. The van der Waals surface area contributed by atoms with E-state index in [2.05, 4.69) is 25.6 Å². The van der Waals surface area contributed by atoms with Crippen molar-refractivity contribution in [3.63, 3.8) is 0 Å². The van der Waals surface area contributed by atoms with Gasteiger partial charge in [0.05, 0.1) is 13.2 Å². The van der Waals surface area contributed by atoms with E-state index in [9.17, 15) is 9.59 Å². The van der Waals surface area contributed by atoms with Crippen molar-refractivity contribution in [3.05, 3.63) is 36.2 Å². The molecule has 4 N–H and O–H groups in total. The quantitative estimate of drug-likeness (QED) is 0.574. The predicted molar refractivity (Wildman–Crippen MR) is 103 cm³/mol. The minimum absolute atomic E-state index is 0.0311. The van der Waals surface area contributed by atoms with Crippen molar-refractivity contribution in [1.29, 1.82) is 0 Å². The van der Waals surface area contributed by atoms with Crippen molar-refractivity contribution in [2.24, 2.45) is 0 Å². The molecule has 1 aromatic heterocycles. The molecule has 0 spiro atoms. The largest absolute Gasteiger partial charge is 0.379 e. The molecule has 1 aliphatic rings. The lowest BCUT2D eigenvalue weighted by Crippen LogP contribution is -2.38. The van der Waals surface area contributed by atoms with E-state index in [1.54, 1.807) is 0 Å². The summed E-state index contributed by atoms with van der Waals surface area (Å²) in [6.07, 6.45) is 1.84. The summed E-state index contributed by atoms with van der Waals surface area (Å²) in [6.45, 7) is 4.28. The van der Waals surface area contributed by atoms with E-state index in [0.29, 0.717) is 18.7 Å². The van der Waals surface area contributed by atoms with Gasteiger partial charge in [-0.05, 0) is 17.7 Å². The summed E-state index contributed by atoms with van der Waals surface area (Å²) >= 11 is 0. The monoisotopic (exact) mass is 387 g/mol. The summed E-state index contributed by atoms with van der Waals surface area (Å²) < 4.78 is 6.67. The van der Waals surface area contributed by atoms with Gasteiger partial charge in [-0.15, -0.1) is 5.10 Å². The van der Waals surface area contributed by atoms with Crippen LogP contribution in [0.15, 0.2) is 30.6 Å². The minimum atomic E-state index is -0.204. The molecule has 0 atom stereocenters. The van der Waals surface area contributed by atoms with Gasteiger partial charge in [0.1, 0.15) is 12.9 Å². The molecule has 1 aromatic carbocycles. The van der Waals surface area contributed by atoms with Crippen LogP contribution in [0.4, 0.5) is 11.6 Å². The highest BCUT2D eigenvalue weighted by Gasteiger charge is 2.12. The first-order valence-electron chi connectivity index (χ1n) is 9.19. The van der Waals surface area contributed by atoms with Crippen LogP contribution in [0.1, 0.15) is 12.0 Å². The van der Waals surface area contributed by atoms with Gasteiger partial charge in [-0.3, -0.25) is 14.5 Å². The fraction of sp³-hybridized carbons (Fsp3) is 0.444. The Bertz CT molecular complexity index is 802. The maximum absolute atomic E-state index is 12.2. The minimum Gasteiger partial charge on any atom is -0.379 e. The van der Waals surface area contributed by atoms with Crippen LogP contribution in [0.5, 0.6) is 0 Å². The first-order valence-corrected chi connectivity index (χ1v) is 9.19. The topological polar surface area (TPSA) is 127 Å². The molecule has 2 heterocycles. The number of hydrogen-bond acceptors (Lipinski definition) is 7. The second-order valence-electron chi connectivity index (χ2n) is 6.53. The number of anilines is 2. The van der Waals surface area contributed by atoms with Gasteiger partial charge in [-0.25, -0.2) is 9.67 Å². The summed E-state index contributed by atoms with van der Waals surface area (Å²) in [6, 6.07) is 7.41. The highest BCUT2D eigenvalue weighted by atomic mass is 16.5. The van der Waals surface area contributed by atoms with E-state index in [-0.39, 0.29) is 24.3 Å². The summed E-state index contributed by atoms with van der Waals surface area (Å²) in [5.74, 6) is -0.105. The van der Waals surface area contributed by atoms with Gasteiger partial charge >= 0.3 is 0 Å². The van der Waals surface area contributed by atoms with Gasteiger partial charge in [-0.1, -0.05) is 12.1 Å². The Labute approximate surface area is 163 Å². The Kier molecular flexibility index (Phi) is 6.93. The van der Waals surface area contributed by atoms with Crippen LogP contribution >= 0.6 is 0 Å². The highest BCUT2D eigenvalue weighted by molar-refractivity contribution is 5.90. The lowest BCUT2D eigenvalue weighted by Gasteiger charge is -2.26. The molecule has 28 heavy (non-hydrogen) atoms. The van der Waals surface area contributed by atoms with Crippen LogP contribution in [-0.4, -0.2) is 64.3 Å². The lowest BCUT2D eigenvalue weighted by molar-refractivity contribution is -0.122. The maximum atomic E-state index is 12.2. The van der Waals surface area contributed by atoms with Crippen molar-refractivity contribution in [2.75, 3.05) is 43.9 Å². The molecular weight excluding hydrogens is 362 g/mol. The normalized spacial score (nSPS) is 14.6. The van der Waals surface area contributed by atoms with Gasteiger partial charge < -0.3 is 21.1 Å². The summed E-state index contributed by atoms with van der Waals surface area (Å²) in [7, 11) is 0. The predicted octanol–water partition coefficient (Wildman–Crippen LogP) is -0.163. The van der Waals surface area contributed by atoms with E-state index in [1.165, 1.54) is 11.0 Å². The van der Waals surface area contributed by atoms with Crippen LogP contribution in [0, 0.1) is 0 Å². The molecule has 0 radical (unpaired) electrons. The number of nitrogens with one attached hydrogen (secondary N) is 2. The fourth-order valence-electron chi connectivity index (χ4n) is 2.86. The van der Waals surface area contributed by atoms with Crippen molar-refractivity contribution in [3.8, 4) is 0 Å². The van der Waals surface area contributed by atoms with Crippen LogP contribution in [-0.2, 0) is 27.4 Å². The highest BCUT2D eigenvalue weighted by Crippen LogP contribution is 2.11. The zero-order valence-corrected chi connectivity index (χ0v) is 15.6. The number of rotatable bonds is 8. The summed E-state index contributed by atoms with van der Waals surface area (Å²) in [5.41, 5.74) is 7.02. The zero-order chi connectivity index (χ0) is 19.8. The summed E-state index contributed by atoms with van der Waals surface area (Å²) in [5, 5.41) is 9.58. The number of nitrogen functional groups attached to an aromatic ring is 1. The summed E-state index contributed by atoms with van der Waals surface area (Å²) in [4.78, 5) is 30.1. The Hall–Kier alpha value is -2.98. The standard InChI is InChI=1S/C18H25N7O3/c19-18-21-13-25(23-18)12-17(27)20-11-14-2-1-3-15(10-14)22-16(26)4-5-24-6-8-28-9-7-24/h1-3,10,13H,4-9,11-12H2,(H2,19,23)(H,20,27)(H,22,26). The van der Waals surface area contributed by atoms with Crippen molar-refractivity contribution >= 4 is 23.5 Å². The smallest absolute Gasteiger partial charge is 0.242 e. The molecule has 2 amide bonds. The number of ether oxygens (including phenoxy) is 1.